The number of benzene rings is 1. The first-order valence-electron chi connectivity index (χ1n) is 7.70. The summed E-state index contributed by atoms with van der Waals surface area (Å²) in [5.74, 6) is 1.73. The highest BCUT2D eigenvalue weighted by Gasteiger charge is 2.32. The summed E-state index contributed by atoms with van der Waals surface area (Å²) in [6.07, 6.45) is 3.12. The average Bonchev–Trinajstić information content (AvgIpc) is 3.26. The maximum atomic E-state index is 12.4. The lowest BCUT2D eigenvalue weighted by Gasteiger charge is -2.34. The number of rotatable bonds is 3. The van der Waals surface area contributed by atoms with Crippen molar-refractivity contribution in [3.05, 3.63) is 23.8 Å². The van der Waals surface area contributed by atoms with E-state index in [2.05, 4.69) is 4.90 Å². The van der Waals surface area contributed by atoms with E-state index >= 15 is 0 Å². The summed E-state index contributed by atoms with van der Waals surface area (Å²) in [6, 6.07) is 6.55. The molecular formula is C16H20N2O3. The fraction of sp³-hybridized carbons (Fsp3) is 0.562. The van der Waals surface area contributed by atoms with Crippen molar-refractivity contribution in [3.8, 4) is 11.5 Å². The molecule has 0 spiro atoms. The molecule has 5 heteroatoms. The molecule has 5 nitrogen and oxygen atoms in total. The second kappa shape index (κ2) is 5.22. The van der Waals surface area contributed by atoms with Gasteiger partial charge in [0, 0.05) is 32.2 Å². The number of fused-ring (bicyclic) bond motifs is 1. The third-order valence-corrected chi connectivity index (χ3v) is 4.52. The molecule has 21 heavy (non-hydrogen) atoms. The molecule has 3 aliphatic rings. The maximum absolute atomic E-state index is 12.4. The molecular weight excluding hydrogens is 268 g/mol. The molecule has 1 aromatic rings. The van der Waals surface area contributed by atoms with E-state index < -0.39 is 0 Å². The predicted molar refractivity (Wildman–Crippen MR) is 77.4 cm³/mol. The fourth-order valence-electron chi connectivity index (χ4n) is 3.11. The molecule has 4 rings (SSSR count). The molecule has 0 N–H and O–H groups in total. The minimum absolute atomic E-state index is 0.212. The Kier molecular flexibility index (Phi) is 3.22. The van der Waals surface area contributed by atoms with Crippen molar-refractivity contribution in [1.29, 1.82) is 0 Å². The van der Waals surface area contributed by atoms with Crippen molar-refractivity contribution < 1.29 is 14.3 Å². The molecule has 0 bridgehead atoms. The van der Waals surface area contributed by atoms with Crippen LogP contribution in [0, 0.1) is 0 Å². The van der Waals surface area contributed by atoms with Gasteiger partial charge in [-0.25, -0.2) is 0 Å². The van der Waals surface area contributed by atoms with Gasteiger partial charge in [0.2, 0.25) is 12.7 Å². The second-order valence-electron chi connectivity index (χ2n) is 6.01. The molecule has 0 aromatic heterocycles. The van der Waals surface area contributed by atoms with E-state index in [-0.39, 0.29) is 12.7 Å². The van der Waals surface area contributed by atoms with Gasteiger partial charge in [0.05, 0.1) is 6.42 Å². The Morgan fingerprint density at radius 2 is 1.86 bits per heavy atom. The Bertz CT molecular complexity index is 548. The van der Waals surface area contributed by atoms with Crippen LogP contribution in [0.25, 0.3) is 0 Å². The number of carbonyl (C=O) groups is 1. The van der Waals surface area contributed by atoms with Gasteiger partial charge in [0.15, 0.2) is 11.5 Å². The molecule has 0 unspecified atom stereocenters. The third kappa shape index (κ3) is 2.70. The highest BCUT2D eigenvalue weighted by molar-refractivity contribution is 5.79. The summed E-state index contributed by atoms with van der Waals surface area (Å²) in [6.45, 7) is 4.05. The Morgan fingerprint density at radius 3 is 2.62 bits per heavy atom. The first-order valence-corrected chi connectivity index (χ1v) is 7.70. The van der Waals surface area contributed by atoms with Crippen molar-refractivity contribution >= 4 is 5.91 Å². The van der Waals surface area contributed by atoms with Gasteiger partial charge < -0.3 is 14.4 Å². The number of carbonyl (C=O) groups excluding carboxylic acids is 1. The molecule has 1 saturated carbocycles. The van der Waals surface area contributed by atoms with E-state index in [0.717, 1.165) is 49.3 Å². The average molecular weight is 288 g/mol. The highest BCUT2D eigenvalue weighted by atomic mass is 16.7. The highest BCUT2D eigenvalue weighted by Crippen LogP contribution is 2.32. The number of hydrogen-bond donors (Lipinski definition) is 0. The predicted octanol–water partition coefficient (Wildman–Crippen LogP) is 1.26. The third-order valence-electron chi connectivity index (χ3n) is 4.52. The summed E-state index contributed by atoms with van der Waals surface area (Å²) >= 11 is 0. The summed E-state index contributed by atoms with van der Waals surface area (Å²) in [7, 11) is 0. The van der Waals surface area contributed by atoms with Crippen LogP contribution in [0.5, 0.6) is 11.5 Å². The number of nitrogens with zero attached hydrogens (tertiary/aromatic N) is 2. The van der Waals surface area contributed by atoms with Crippen molar-refractivity contribution in [3.63, 3.8) is 0 Å². The molecule has 0 atom stereocenters. The van der Waals surface area contributed by atoms with Crippen LogP contribution in [0.2, 0.25) is 0 Å². The summed E-state index contributed by atoms with van der Waals surface area (Å²) in [5.41, 5.74) is 0.994. The minimum Gasteiger partial charge on any atom is -0.454 e. The molecule has 112 valence electrons. The Morgan fingerprint density at radius 1 is 1.10 bits per heavy atom. The maximum Gasteiger partial charge on any atom is 0.231 e. The number of ether oxygens (including phenoxy) is 2. The van der Waals surface area contributed by atoms with Gasteiger partial charge in [0.1, 0.15) is 0 Å². The first kappa shape index (κ1) is 13.0. The lowest BCUT2D eigenvalue weighted by Crippen LogP contribution is -2.49. The van der Waals surface area contributed by atoms with Crippen molar-refractivity contribution in [2.45, 2.75) is 25.3 Å². The van der Waals surface area contributed by atoms with Gasteiger partial charge in [-0.05, 0) is 30.5 Å². The normalized spacial score (nSPS) is 21.6. The number of piperazine rings is 1. The molecule has 1 saturated heterocycles. The Labute approximate surface area is 124 Å². The molecule has 2 heterocycles. The lowest BCUT2D eigenvalue weighted by atomic mass is 10.1. The van der Waals surface area contributed by atoms with E-state index in [0.29, 0.717) is 6.42 Å². The molecule has 1 aliphatic carbocycles. The molecule has 0 radical (unpaired) electrons. The van der Waals surface area contributed by atoms with E-state index in [4.69, 9.17) is 9.47 Å². The van der Waals surface area contributed by atoms with Gasteiger partial charge in [-0.3, -0.25) is 9.69 Å². The van der Waals surface area contributed by atoms with Crippen LogP contribution >= 0.6 is 0 Å². The molecule has 1 aromatic carbocycles. The zero-order chi connectivity index (χ0) is 14.2. The Hall–Kier alpha value is -1.75. The monoisotopic (exact) mass is 288 g/mol. The van der Waals surface area contributed by atoms with E-state index in [1.54, 1.807) is 0 Å². The van der Waals surface area contributed by atoms with Gasteiger partial charge in [0.25, 0.3) is 0 Å². The summed E-state index contributed by atoms with van der Waals surface area (Å²) < 4.78 is 10.7. The van der Waals surface area contributed by atoms with E-state index in [1.807, 2.05) is 23.1 Å². The first-order chi connectivity index (χ1) is 10.3. The Balaban J connectivity index is 1.35. The van der Waals surface area contributed by atoms with Crippen molar-refractivity contribution in [2.75, 3.05) is 33.0 Å². The smallest absolute Gasteiger partial charge is 0.231 e. The number of hydrogen-bond acceptors (Lipinski definition) is 4. The standard InChI is InChI=1S/C16H20N2O3/c19-16(18-7-5-17(6-8-18)13-2-3-13)10-12-1-4-14-15(9-12)21-11-20-14/h1,4,9,13H,2-3,5-8,10-11H2. The van der Waals surface area contributed by atoms with Crippen LogP contribution in [-0.2, 0) is 11.2 Å². The molecule has 1 amide bonds. The zero-order valence-electron chi connectivity index (χ0n) is 12.1. The zero-order valence-corrected chi connectivity index (χ0v) is 12.1. The van der Waals surface area contributed by atoms with E-state index in [1.165, 1.54) is 12.8 Å². The van der Waals surface area contributed by atoms with Crippen molar-refractivity contribution in [1.82, 2.24) is 9.80 Å². The molecule has 2 aliphatic heterocycles. The molecule has 2 fully saturated rings. The van der Waals surface area contributed by atoms with Gasteiger partial charge in [-0.1, -0.05) is 6.07 Å². The lowest BCUT2D eigenvalue weighted by molar-refractivity contribution is -0.132. The second-order valence-corrected chi connectivity index (χ2v) is 6.01. The quantitative estimate of drug-likeness (QED) is 0.840. The largest absolute Gasteiger partial charge is 0.454 e. The van der Waals surface area contributed by atoms with E-state index in [9.17, 15) is 4.79 Å². The van der Waals surface area contributed by atoms with Crippen LogP contribution in [0.4, 0.5) is 0 Å². The number of amides is 1. The minimum atomic E-state index is 0.212. The summed E-state index contributed by atoms with van der Waals surface area (Å²) in [5, 5.41) is 0. The SMILES string of the molecule is O=C(Cc1ccc2c(c1)OCO2)N1CCN(C2CC2)CC1. The fourth-order valence-corrected chi connectivity index (χ4v) is 3.11. The van der Waals surface area contributed by atoms with Crippen molar-refractivity contribution in [2.24, 2.45) is 0 Å². The van der Waals surface area contributed by atoms with Crippen LogP contribution in [0.15, 0.2) is 18.2 Å². The van der Waals surface area contributed by atoms with Gasteiger partial charge in [-0.2, -0.15) is 0 Å². The van der Waals surface area contributed by atoms with Gasteiger partial charge >= 0.3 is 0 Å². The topological polar surface area (TPSA) is 42.0 Å². The van der Waals surface area contributed by atoms with Crippen LogP contribution < -0.4 is 9.47 Å². The summed E-state index contributed by atoms with van der Waals surface area (Å²) in [4.78, 5) is 16.9. The van der Waals surface area contributed by atoms with Crippen LogP contribution in [-0.4, -0.2) is 54.7 Å². The van der Waals surface area contributed by atoms with Crippen LogP contribution in [0.3, 0.4) is 0 Å². The van der Waals surface area contributed by atoms with Gasteiger partial charge in [-0.15, -0.1) is 0 Å². The van der Waals surface area contributed by atoms with Crippen LogP contribution in [0.1, 0.15) is 18.4 Å².